The lowest BCUT2D eigenvalue weighted by Gasteiger charge is -2.30. The second-order valence-electron chi connectivity index (χ2n) is 6.77. The van der Waals surface area contributed by atoms with Gasteiger partial charge in [0.25, 0.3) is 0 Å². The number of nitrogens with zero attached hydrogens (tertiary/aromatic N) is 1. The van der Waals surface area contributed by atoms with E-state index in [0.29, 0.717) is 0 Å². The van der Waals surface area contributed by atoms with E-state index >= 15 is 0 Å². The third-order valence-corrected chi connectivity index (χ3v) is 3.97. The molecule has 0 aromatic rings. The first-order valence-corrected chi connectivity index (χ1v) is 7.29. The maximum Gasteiger partial charge on any atom is 0.303 e. The van der Waals surface area contributed by atoms with Gasteiger partial charge in [-0.3, -0.25) is 4.79 Å². The average molecular weight is 255 g/mol. The Hall–Kier alpha value is -0.570. The molecule has 0 unspecified atom stereocenters. The van der Waals surface area contributed by atoms with Crippen molar-refractivity contribution in [3.8, 4) is 0 Å². The van der Waals surface area contributed by atoms with E-state index in [4.69, 9.17) is 5.11 Å². The third-order valence-electron chi connectivity index (χ3n) is 3.97. The van der Waals surface area contributed by atoms with Gasteiger partial charge in [-0.2, -0.15) is 0 Å². The van der Waals surface area contributed by atoms with E-state index in [9.17, 15) is 4.79 Å². The summed E-state index contributed by atoms with van der Waals surface area (Å²) in [6, 6.07) is 0. The number of carboxylic acid groups (broad SMARTS) is 1. The van der Waals surface area contributed by atoms with Crippen LogP contribution < -0.4 is 0 Å². The summed E-state index contributed by atoms with van der Waals surface area (Å²) in [5.41, 5.74) is -0.132. The maximum atomic E-state index is 10.8. The Labute approximate surface area is 112 Å². The van der Waals surface area contributed by atoms with Crippen LogP contribution in [0.2, 0.25) is 0 Å². The maximum absolute atomic E-state index is 10.8. The molecular formula is C15H29NO2. The number of carboxylic acids is 1. The molecule has 0 spiro atoms. The second-order valence-corrected chi connectivity index (χ2v) is 6.77. The van der Waals surface area contributed by atoms with Gasteiger partial charge in [-0.25, -0.2) is 0 Å². The fourth-order valence-electron chi connectivity index (χ4n) is 3.15. The summed E-state index contributed by atoms with van der Waals surface area (Å²) in [6.45, 7) is 6.05. The van der Waals surface area contributed by atoms with Crippen LogP contribution in [0.3, 0.4) is 0 Å². The van der Waals surface area contributed by atoms with Gasteiger partial charge >= 0.3 is 5.97 Å². The van der Waals surface area contributed by atoms with E-state index in [1.165, 1.54) is 38.5 Å². The number of aliphatic carboxylic acids is 1. The van der Waals surface area contributed by atoms with Crippen molar-refractivity contribution in [3.63, 3.8) is 0 Å². The first-order valence-electron chi connectivity index (χ1n) is 7.29. The van der Waals surface area contributed by atoms with Crippen molar-refractivity contribution >= 4 is 5.97 Å². The molecule has 1 aliphatic rings. The molecule has 3 nitrogen and oxygen atoms in total. The molecule has 1 rings (SSSR count). The quantitative estimate of drug-likeness (QED) is 0.758. The van der Waals surface area contributed by atoms with Crippen LogP contribution in [0, 0.1) is 11.3 Å². The molecule has 1 fully saturated rings. The highest BCUT2D eigenvalue weighted by molar-refractivity contribution is 5.67. The molecular weight excluding hydrogens is 226 g/mol. The van der Waals surface area contributed by atoms with Gasteiger partial charge in [0, 0.05) is 6.54 Å². The standard InChI is InChI=1S/C15H29NO2/c1-15(2,11-14(17)18)12-16(3)10-9-13-7-5-4-6-8-13/h13H,4-12H2,1-3H3,(H,17,18). The molecule has 0 amide bonds. The van der Waals surface area contributed by atoms with Crippen molar-refractivity contribution in [2.24, 2.45) is 11.3 Å². The molecule has 18 heavy (non-hydrogen) atoms. The zero-order chi connectivity index (χ0) is 13.6. The van der Waals surface area contributed by atoms with Gasteiger partial charge in [-0.05, 0) is 31.3 Å². The van der Waals surface area contributed by atoms with Crippen LogP contribution in [-0.4, -0.2) is 36.1 Å². The van der Waals surface area contributed by atoms with Crippen LogP contribution in [0.1, 0.15) is 58.8 Å². The SMILES string of the molecule is CN(CCC1CCCCC1)CC(C)(C)CC(=O)O. The molecule has 0 heterocycles. The summed E-state index contributed by atoms with van der Waals surface area (Å²) in [4.78, 5) is 13.1. The Balaban J connectivity index is 2.23. The van der Waals surface area contributed by atoms with E-state index in [2.05, 4.69) is 11.9 Å². The molecule has 1 N–H and O–H groups in total. The Kier molecular flexibility index (Phi) is 6.13. The van der Waals surface area contributed by atoms with Crippen molar-refractivity contribution in [1.29, 1.82) is 0 Å². The molecule has 0 radical (unpaired) electrons. The predicted octanol–water partition coefficient (Wildman–Crippen LogP) is 3.39. The predicted molar refractivity (Wildman–Crippen MR) is 74.7 cm³/mol. The van der Waals surface area contributed by atoms with Gasteiger partial charge in [-0.15, -0.1) is 0 Å². The van der Waals surface area contributed by atoms with Crippen LogP contribution in [0.15, 0.2) is 0 Å². The lowest BCUT2D eigenvalue weighted by atomic mass is 9.86. The molecule has 0 aromatic heterocycles. The van der Waals surface area contributed by atoms with Crippen LogP contribution in [-0.2, 0) is 4.79 Å². The fraction of sp³-hybridized carbons (Fsp3) is 0.933. The Bertz CT molecular complexity index is 257. The number of rotatable bonds is 7. The van der Waals surface area contributed by atoms with E-state index in [-0.39, 0.29) is 11.8 Å². The molecule has 1 aliphatic carbocycles. The van der Waals surface area contributed by atoms with E-state index < -0.39 is 5.97 Å². The summed E-state index contributed by atoms with van der Waals surface area (Å²) < 4.78 is 0. The molecule has 0 saturated heterocycles. The van der Waals surface area contributed by atoms with Gasteiger partial charge in [0.2, 0.25) is 0 Å². The van der Waals surface area contributed by atoms with Crippen LogP contribution >= 0.6 is 0 Å². The Morgan fingerprint density at radius 1 is 1.28 bits per heavy atom. The normalized spacial score (nSPS) is 18.2. The highest BCUT2D eigenvalue weighted by Crippen LogP contribution is 2.27. The van der Waals surface area contributed by atoms with Gasteiger partial charge in [0.15, 0.2) is 0 Å². The van der Waals surface area contributed by atoms with E-state index in [1.807, 2.05) is 13.8 Å². The van der Waals surface area contributed by atoms with Crippen molar-refractivity contribution < 1.29 is 9.90 Å². The van der Waals surface area contributed by atoms with Crippen molar-refractivity contribution in [1.82, 2.24) is 4.90 Å². The van der Waals surface area contributed by atoms with Crippen LogP contribution in [0.25, 0.3) is 0 Å². The van der Waals surface area contributed by atoms with Crippen LogP contribution in [0.4, 0.5) is 0 Å². The van der Waals surface area contributed by atoms with Gasteiger partial charge in [0.05, 0.1) is 6.42 Å². The van der Waals surface area contributed by atoms with Gasteiger partial charge in [-0.1, -0.05) is 46.0 Å². The average Bonchev–Trinajstić information content (AvgIpc) is 2.25. The molecule has 0 atom stereocenters. The summed E-state index contributed by atoms with van der Waals surface area (Å²) in [7, 11) is 2.12. The number of carbonyl (C=O) groups is 1. The minimum absolute atomic E-state index is 0.132. The zero-order valence-electron chi connectivity index (χ0n) is 12.2. The minimum atomic E-state index is -0.694. The third kappa shape index (κ3) is 6.39. The monoisotopic (exact) mass is 255 g/mol. The zero-order valence-corrected chi connectivity index (χ0v) is 12.2. The molecule has 1 saturated carbocycles. The van der Waals surface area contributed by atoms with E-state index in [1.54, 1.807) is 0 Å². The number of hydrogen-bond acceptors (Lipinski definition) is 2. The first kappa shape index (κ1) is 15.5. The second kappa shape index (κ2) is 7.13. The van der Waals surface area contributed by atoms with Gasteiger partial charge < -0.3 is 10.0 Å². The summed E-state index contributed by atoms with van der Waals surface area (Å²) in [5, 5.41) is 8.88. The highest BCUT2D eigenvalue weighted by Gasteiger charge is 2.24. The number of hydrogen-bond donors (Lipinski definition) is 1. The van der Waals surface area contributed by atoms with Crippen LogP contribution in [0.5, 0.6) is 0 Å². The lowest BCUT2D eigenvalue weighted by Crippen LogP contribution is -2.34. The Morgan fingerprint density at radius 3 is 2.44 bits per heavy atom. The molecule has 0 aromatic carbocycles. The van der Waals surface area contributed by atoms with Crippen molar-refractivity contribution in [3.05, 3.63) is 0 Å². The molecule has 106 valence electrons. The fourth-order valence-corrected chi connectivity index (χ4v) is 3.15. The van der Waals surface area contributed by atoms with Crippen molar-refractivity contribution in [2.45, 2.75) is 58.8 Å². The molecule has 0 bridgehead atoms. The molecule has 3 heteroatoms. The smallest absolute Gasteiger partial charge is 0.303 e. The first-order chi connectivity index (χ1) is 8.39. The molecule has 0 aliphatic heterocycles. The van der Waals surface area contributed by atoms with Crippen molar-refractivity contribution in [2.75, 3.05) is 20.1 Å². The summed E-state index contributed by atoms with van der Waals surface area (Å²) in [5.74, 6) is 0.212. The summed E-state index contributed by atoms with van der Waals surface area (Å²) >= 11 is 0. The highest BCUT2D eigenvalue weighted by atomic mass is 16.4. The minimum Gasteiger partial charge on any atom is -0.481 e. The largest absolute Gasteiger partial charge is 0.481 e. The topological polar surface area (TPSA) is 40.5 Å². The Morgan fingerprint density at radius 2 is 1.89 bits per heavy atom. The summed E-state index contributed by atoms with van der Waals surface area (Å²) in [6.07, 6.45) is 8.54. The van der Waals surface area contributed by atoms with E-state index in [0.717, 1.165) is 19.0 Å². The van der Waals surface area contributed by atoms with Gasteiger partial charge in [0.1, 0.15) is 0 Å². The lowest BCUT2D eigenvalue weighted by molar-refractivity contribution is -0.139.